The summed E-state index contributed by atoms with van der Waals surface area (Å²) in [5.74, 6) is 0.162. The summed E-state index contributed by atoms with van der Waals surface area (Å²) in [5.41, 5.74) is 3.93. The number of benzene rings is 1. The number of amides is 1. The van der Waals surface area contributed by atoms with Crippen molar-refractivity contribution >= 4 is 26.7 Å². The highest BCUT2D eigenvalue weighted by Gasteiger charge is 2.32. The first kappa shape index (κ1) is 16.1. The summed E-state index contributed by atoms with van der Waals surface area (Å²) < 4.78 is 28.7. The third-order valence-corrected chi connectivity index (χ3v) is 6.51. The van der Waals surface area contributed by atoms with Crippen LogP contribution in [0.1, 0.15) is 23.1 Å². The van der Waals surface area contributed by atoms with Crippen molar-refractivity contribution in [1.82, 2.24) is 4.90 Å². The van der Waals surface area contributed by atoms with Gasteiger partial charge in [-0.1, -0.05) is 0 Å². The Morgan fingerprint density at radius 2 is 2.00 bits per heavy atom. The molecular formula is C17H21NO4S. The van der Waals surface area contributed by atoms with Crippen molar-refractivity contribution in [3.05, 3.63) is 35.1 Å². The number of hydrogen-bond acceptors (Lipinski definition) is 4. The van der Waals surface area contributed by atoms with Crippen LogP contribution in [0.2, 0.25) is 0 Å². The van der Waals surface area contributed by atoms with E-state index in [0.717, 1.165) is 27.7 Å². The number of fused-ring (bicyclic) bond motifs is 1. The van der Waals surface area contributed by atoms with Gasteiger partial charge in [0.2, 0.25) is 5.91 Å². The second-order valence-corrected chi connectivity index (χ2v) is 8.66. The highest BCUT2D eigenvalue weighted by molar-refractivity contribution is 7.91. The lowest BCUT2D eigenvalue weighted by molar-refractivity contribution is -0.130. The summed E-state index contributed by atoms with van der Waals surface area (Å²) in [4.78, 5) is 14.1. The zero-order valence-electron chi connectivity index (χ0n) is 13.6. The van der Waals surface area contributed by atoms with E-state index in [1.165, 1.54) is 0 Å². The largest absolute Gasteiger partial charge is 0.464 e. The van der Waals surface area contributed by atoms with Gasteiger partial charge in [-0.05, 0) is 43.5 Å². The third-order valence-electron chi connectivity index (χ3n) is 4.76. The zero-order valence-corrected chi connectivity index (χ0v) is 14.4. The number of rotatable bonds is 3. The first-order valence-electron chi connectivity index (χ1n) is 7.70. The highest BCUT2D eigenvalue weighted by atomic mass is 32.2. The van der Waals surface area contributed by atoms with Crippen LogP contribution in [-0.4, -0.2) is 43.8 Å². The van der Waals surface area contributed by atoms with Crippen LogP contribution >= 0.6 is 0 Å². The molecule has 0 N–H and O–H groups in total. The summed E-state index contributed by atoms with van der Waals surface area (Å²) >= 11 is 0. The maximum absolute atomic E-state index is 12.5. The Kier molecular flexibility index (Phi) is 3.96. The molecule has 1 unspecified atom stereocenters. The van der Waals surface area contributed by atoms with Gasteiger partial charge in [0.1, 0.15) is 5.58 Å². The van der Waals surface area contributed by atoms with Gasteiger partial charge in [-0.3, -0.25) is 4.79 Å². The van der Waals surface area contributed by atoms with Crippen molar-refractivity contribution in [3.63, 3.8) is 0 Å². The molecule has 1 fully saturated rings. The fourth-order valence-electron chi connectivity index (χ4n) is 3.05. The molecule has 1 aromatic carbocycles. The summed E-state index contributed by atoms with van der Waals surface area (Å²) in [6.07, 6.45) is 2.37. The number of hydrogen-bond donors (Lipinski definition) is 0. The molecule has 0 spiro atoms. The van der Waals surface area contributed by atoms with Crippen molar-refractivity contribution in [2.45, 2.75) is 32.7 Å². The first-order chi connectivity index (χ1) is 10.8. The molecular weight excluding hydrogens is 314 g/mol. The molecule has 1 atom stereocenters. The summed E-state index contributed by atoms with van der Waals surface area (Å²) in [6.45, 7) is 4.05. The second kappa shape index (κ2) is 5.67. The predicted octanol–water partition coefficient (Wildman–Crippen LogP) is 2.24. The molecule has 1 aromatic heterocycles. The van der Waals surface area contributed by atoms with Gasteiger partial charge in [0.15, 0.2) is 9.84 Å². The lowest BCUT2D eigenvalue weighted by atomic mass is 10.0. The van der Waals surface area contributed by atoms with Gasteiger partial charge in [-0.15, -0.1) is 0 Å². The summed E-state index contributed by atoms with van der Waals surface area (Å²) in [7, 11) is -1.31. The zero-order chi connectivity index (χ0) is 16.8. The molecule has 0 bridgehead atoms. The normalized spacial score (nSPS) is 20.0. The predicted molar refractivity (Wildman–Crippen MR) is 89.2 cm³/mol. The van der Waals surface area contributed by atoms with Crippen LogP contribution in [0, 0.1) is 13.8 Å². The minimum atomic E-state index is -2.99. The molecule has 124 valence electrons. The molecule has 23 heavy (non-hydrogen) atoms. The Balaban J connectivity index is 1.79. The van der Waals surface area contributed by atoms with E-state index >= 15 is 0 Å². The van der Waals surface area contributed by atoms with Gasteiger partial charge in [0.05, 0.1) is 24.2 Å². The van der Waals surface area contributed by atoms with E-state index in [0.29, 0.717) is 6.42 Å². The van der Waals surface area contributed by atoms with Gasteiger partial charge in [-0.2, -0.15) is 0 Å². The van der Waals surface area contributed by atoms with Crippen molar-refractivity contribution in [2.24, 2.45) is 0 Å². The lowest BCUT2D eigenvalue weighted by Gasteiger charge is -2.23. The fraction of sp³-hybridized carbons (Fsp3) is 0.471. The average molecular weight is 335 g/mol. The second-order valence-electron chi connectivity index (χ2n) is 6.43. The maximum Gasteiger partial charge on any atom is 0.227 e. The minimum Gasteiger partial charge on any atom is -0.464 e. The maximum atomic E-state index is 12.5. The molecule has 2 heterocycles. The van der Waals surface area contributed by atoms with Crippen LogP contribution in [0.5, 0.6) is 0 Å². The molecule has 0 saturated carbocycles. The van der Waals surface area contributed by atoms with E-state index < -0.39 is 9.84 Å². The van der Waals surface area contributed by atoms with Crippen molar-refractivity contribution in [1.29, 1.82) is 0 Å². The Bertz CT molecular complexity index is 866. The van der Waals surface area contributed by atoms with E-state index in [2.05, 4.69) is 0 Å². The highest BCUT2D eigenvalue weighted by Crippen LogP contribution is 2.26. The quantitative estimate of drug-likeness (QED) is 0.863. The Hall–Kier alpha value is -1.82. The first-order valence-corrected chi connectivity index (χ1v) is 9.52. The van der Waals surface area contributed by atoms with Crippen molar-refractivity contribution < 1.29 is 17.6 Å². The Labute approximate surface area is 136 Å². The molecule has 0 radical (unpaired) electrons. The number of nitrogens with zero attached hydrogens (tertiary/aromatic N) is 1. The lowest BCUT2D eigenvalue weighted by Crippen LogP contribution is -2.38. The van der Waals surface area contributed by atoms with E-state index in [1.807, 2.05) is 26.0 Å². The number of carbonyl (C=O) groups is 1. The number of aryl methyl sites for hydroxylation is 2. The molecule has 1 saturated heterocycles. The van der Waals surface area contributed by atoms with Crippen LogP contribution in [0.15, 0.2) is 22.8 Å². The van der Waals surface area contributed by atoms with E-state index in [4.69, 9.17) is 4.42 Å². The van der Waals surface area contributed by atoms with Gasteiger partial charge < -0.3 is 9.32 Å². The number of likely N-dealkylation sites (N-methyl/N-ethyl adjacent to an activating group) is 1. The van der Waals surface area contributed by atoms with Gasteiger partial charge >= 0.3 is 0 Å². The van der Waals surface area contributed by atoms with Crippen LogP contribution in [-0.2, 0) is 21.1 Å². The number of sulfone groups is 1. The van der Waals surface area contributed by atoms with Crippen LogP contribution in [0.4, 0.5) is 0 Å². The number of carbonyl (C=O) groups excluding carboxylic acids is 1. The third kappa shape index (κ3) is 3.13. The monoisotopic (exact) mass is 335 g/mol. The molecule has 1 aliphatic rings. The molecule has 1 amide bonds. The van der Waals surface area contributed by atoms with Gasteiger partial charge in [0.25, 0.3) is 0 Å². The van der Waals surface area contributed by atoms with Gasteiger partial charge in [0, 0.05) is 24.0 Å². The Morgan fingerprint density at radius 3 is 2.65 bits per heavy atom. The van der Waals surface area contributed by atoms with Crippen molar-refractivity contribution in [3.8, 4) is 0 Å². The number of furan rings is 1. The summed E-state index contributed by atoms with van der Waals surface area (Å²) in [6, 6.07) is 3.80. The van der Waals surface area contributed by atoms with E-state index in [-0.39, 0.29) is 29.9 Å². The van der Waals surface area contributed by atoms with Crippen LogP contribution < -0.4 is 0 Å². The molecule has 3 rings (SSSR count). The van der Waals surface area contributed by atoms with Crippen LogP contribution in [0.3, 0.4) is 0 Å². The molecule has 0 aliphatic carbocycles. The summed E-state index contributed by atoms with van der Waals surface area (Å²) in [5, 5.41) is 0.953. The molecule has 6 heteroatoms. The van der Waals surface area contributed by atoms with E-state index in [1.54, 1.807) is 18.2 Å². The minimum absolute atomic E-state index is 0.0691. The molecule has 2 aromatic rings. The smallest absolute Gasteiger partial charge is 0.227 e. The SMILES string of the molecule is Cc1cc2occ(CC(=O)N(C)C3CCS(=O)(=O)C3)c2cc1C. The standard InChI is InChI=1S/C17H21NO4S/c1-11-6-15-13(9-22-16(15)7-12(11)2)8-17(19)18(3)14-4-5-23(20,21)10-14/h6-7,9,14H,4-5,8,10H2,1-3H3. The van der Waals surface area contributed by atoms with Crippen molar-refractivity contribution in [2.75, 3.05) is 18.6 Å². The van der Waals surface area contributed by atoms with Crippen LogP contribution in [0.25, 0.3) is 11.0 Å². The average Bonchev–Trinajstić information content (AvgIpc) is 3.03. The molecule has 1 aliphatic heterocycles. The fourth-order valence-corrected chi connectivity index (χ4v) is 4.82. The Morgan fingerprint density at radius 1 is 1.30 bits per heavy atom. The van der Waals surface area contributed by atoms with Gasteiger partial charge in [-0.25, -0.2) is 8.42 Å². The topological polar surface area (TPSA) is 67.6 Å². The van der Waals surface area contributed by atoms with E-state index in [9.17, 15) is 13.2 Å². The molecule has 5 nitrogen and oxygen atoms in total.